The van der Waals surface area contributed by atoms with E-state index in [4.69, 9.17) is 0 Å². The quantitative estimate of drug-likeness (QED) is 0.717. The molecule has 120 valence electrons. The molecule has 0 fully saturated rings. The summed E-state index contributed by atoms with van der Waals surface area (Å²) in [6, 6.07) is 11.9. The van der Waals surface area contributed by atoms with Crippen LogP contribution in [0.4, 0.5) is 0 Å². The molecule has 0 aliphatic rings. The minimum Gasteiger partial charge on any atom is -0.346 e. The molecule has 2 aromatic heterocycles. The number of nitrogens with one attached hydrogen (secondary N) is 2. The fraction of sp³-hybridized carbons (Fsp3) is 0.333. The van der Waals surface area contributed by atoms with Gasteiger partial charge >= 0.3 is 0 Å². The summed E-state index contributed by atoms with van der Waals surface area (Å²) in [5, 5.41) is 5.17. The molecule has 0 spiro atoms. The first kappa shape index (κ1) is 15.7. The Labute approximate surface area is 140 Å². The summed E-state index contributed by atoms with van der Waals surface area (Å²) >= 11 is 1.69. The number of hydrogen-bond acceptors (Lipinski definition) is 3. The molecule has 23 heavy (non-hydrogen) atoms. The first-order valence-corrected chi connectivity index (χ1v) is 8.78. The number of nitrogens with zero attached hydrogens (tertiary/aromatic N) is 1. The molecule has 0 radical (unpaired) electrons. The predicted molar refractivity (Wildman–Crippen MR) is 94.5 cm³/mol. The Morgan fingerprint density at radius 2 is 2.09 bits per heavy atom. The highest BCUT2D eigenvalue weighted by Gasteiger charge is 2.21. The molecule has 1 atom stereocenters. The number of carbonyl (C=O) groups excluding carboxylic acids is 1. The fourth-order valence-electron chi connectivity index (χ4n) is 2.61. The van der Waals surface area contributed by atoms with Gasteiger partial charge in [-0.25, -0.2) is 4.98 Å². The summed E-state index contributed by atoms with van der Waals surface area (Å²) in [4.78, 5) is 21.5. The van der Waals surface area contributed by atoms with E-state index >= 15 is 0 Å². The number of hydrogen-bond donors (Lipinski definition) is 2. The van der Waals surface area contributed by atoms with Crippen LogP contribution in [0.25, 0.3) is 11.0 Å². The standard InChI is InChI=1S/C18H21N3OS/c1-12(2)17(18-19-14-7-3-4-8-15(14)20-18)21-16(22)10-9-13-6-5-11-23-13/h3-8,11-12,17H,9-10H2,1-2H3,(H,19,20)(H,21,22)/t17-/m1/s1. The van der Waals surface area contributed by atoms with Crippen LogP contribution in [0.1, 0.15) is 37.0 Å². The van der Waals surface area contributed by atoms with Gasteiger partial charge in [-0.2, -0.15) is 0 Å². The van der Waals surface area contributed by atoms with Gasteiger partial charge in [-0.3, -0.25) is 4.79 Å². The topological polar surface area (TPSA) is 57.8 Å². The van der Waals surface area contributed by atoms with Crippen molar-refractivity contribution in [1.29, 1.82) is 0 Å². The third kappa shape index (κ3) is 3.79. The summed E-state index contributed by atoms with van der Waals surface area (Å²) in [6.07, 6.45) is 1.29. The number of thiophene rings is 1. The third-order valence-corrected chi connectivity index (χ3v) is 4.80. The fourth-order valence-corrected chi connectivity index (χ4v) is 3.32. The Kier molecular flexibility index (Phi) is 4.76. The number of rotatable bonds is 6. The number of aromatic nitrogens is 2. The molecule has 3 aromatic rings. The zero-order valence-electron chi connectivity index (χ0n) is 13.4. The van der Waals surface area contributed by atoms with Gasteiger partial charge < -0.3 is 10.3 Å². The molecule has 1 amide bonds. The van der Waals surface area contributed by atoms with Crippen LogP contribution in [-0.2, 0) is 11.2 Å². The van der Waals surface area contributed by atoms with Crippen LogP contribution in [0.3, 0.4) is 0 Å². The SMILES string of the molecule is CC(C)[C@@H](NC(=O)CCc1cccs1)c1nc2ccccc2[nH]1. The first-order chi connectivity index (χ1) is 11.1. The highest BCUT2D eigenvalue weighted by atomic mass is 32.1. The van der Waals surface area contributed by atoms with Gasteiger partial charge in [0.1, 0.15) is 5.82 Å². The van der Waals surface area contributed by atoms with Gasteiger partial charge in [-0.05, 0) is 35.9 Å². The molecule has 0 bridgehead atoms. The molecule has 3 rings (SSSR count). The summed E-state index contributed by atoms with van der Waals surface area (Å²) in [6.45, 7) is 4.19. The van der Waals surface area contributed by atoms with Crippen LogP contribution >= 0.6 is 11.3 Å². The van der Waals surface area contributed by atoms with Gasteiger partial charge in [-0.15, -0.1) is 11.3 Å². The van der Waals surface area contributed by atoms with Crippen molar-refractivity contribution in [2.75, 3.05) is 0 Å². The minimum absolute atomic E-state index is 0.0672. The molecule has 0 aliphatic carbocycles. The van der Waals surface area contributed by atoms with Crippen molar-refractivity contribution in [3.8, 4) is 0 Å². The average Bonchev–Trinajstić information content (AvgIpc) is 3.19. The lowest BCUT2D eigenvalue weighted by Crippen LogP contribution is -2.32. The van der Waals surface area contributed by atoms with Crippen molar-refractivity contribution in [3.63, 3.8) is 0 Å². The molecular weight excluding hydrogens is 306 g/mol. The van der Waals surface area contributed by atoms with Crippen molar-refractivity contribution in [1.82, 2.24) is 15.3 Å². The molecule has 2 heterocycles. The van der Waals surface area contributed by atoms with Crippen molar-refractivity contribution in [3.05, 3.63) is 52.5 Å². The van der Waals surface area contributed by atoms with Crippen LogP contribution in [0.15, 0.2) is 41.8 Å². The van der Waals surface area contributed by atoms with Crippen LogP contribution in [0.5, 0.6) is 0 Å². The first-order valence-electron chi connectivity index (χ1n) is 7.90. The number of para-hydroxylation sites is 2. The van der Waals surface area contributed by atoms with Gasteiger partial charge in [0.25, 0.3) is 0 Å². The number of benzene rings is 1. The molecule has 1 aromatic carbocycles. The van der Waals surface area contributed by atoms with E-state index in [-0.39, 0.29) is 17.9 Å². The second-order valence-electron chi connectivity index (χ2n) is 6.01. The Bertz CT molecular complexity index is 744. The maximum atomic E-state index is 12.3. The Balaban J connectivity index is 1.69. The molecule has 0 aliphatic heterocycles. The van der Waals surface area contributed by atoms with Crippen molar-refractivity contribution in [2.45, 2.75) is 32.7 Å². The van der Waals surface area contributed by atoms with E-state index in [1.807, 2.05) is 35.7 Å². The van der Waals surface area contributed by atoms with E-state index in [1.54, 1.807) is 11.3 Å². The Hall–Kier alpha value is -2.14. The van der Waals surface area contributed by atoms with E-state index in [0.717, 1.165) is 23.3 Å². The van der Waals surface area contributed by atoms with Gasteiger partial charge in [-0.1, -0.05) is 32.0 Å². The average molecular weight is 327 g/mol. The van der Waals surface area contributed by atoms with Gasteiger partial charge in [0.05, 0.1) is 17.1 Å². The number of H-pyrrole nitrogens is 1. The normalized spacial score (nSPS) is 12.7. The number of carbonyl (C=O) groups is 1. The summed E-state index contributed by atoms with van der Waals surface area (Å²) < 4.78 is 0. The zero-order chi connectivity index (χ0) is 16.2. The second-order valence-corrected chi connectivity index (χ2v) is 7.04. The van der Waals surface area contributed by atoms with E-state index in [9.17, 15) is 4.79 Å². The Morgan fingerprint density at radius 1 is 1.26 bits per heavy atom. The van der Waals surface area contributed by atoms with Crippen LogP contribution in [0.2, 0.25) is 0 Å². The minimum atomic E-state index is -0.0989. The van der Waals surface area contributed by atoms with E-state index < -0.39 is 0 Å². The number of fused-ring (bicyclic) bond motifs is 1. The molecule has 0 saturated heterocycles. The van der Waals surface area contributed by atoms with Gasteiger partial charge in [0, 0.05) is 11.3 Å². The van der Waals surface area contributed by atoms with Crippen molar-refractivity contribution < 1.29 is 4.79 Å². The highest BCUT2D eigenvalue weighted by Crippen LogP contribution is 2.22. The zero-order valence-corrected chi connectivity index (χ0v) is 14.2. The summed E-state index contributed by atoms with van der Waals surface area (Å²) in [5.41, 5.74) is 1.93. The maximum absolute atomic E-state index is 12.3. The van der Waals surface area contributed by atoms with Gasteiger partial charge in [0.2, 0.25) is 5.91 Å². The summed E-state index contributed by atoms with van der Waals surface area (Å²) in [7, 11) is 0. The lowest BCUT2D eigenvalue weighted by Gasteiger charge is -2.20. The largest absolute Gasteiger partial charge is 0.346 e. The third-order valence-electron chi connectivity index (χ3n) is 3.86. The van der Waals surface area contributed by atoms with Crippen molar-refractivity contribution >= 4 is 28.3 Å². The second kappa shape index (κ2) is 6.96. The van der Waals surface area contributed by atoms with E-state index in [2.05, 4.69) is 35.2 Å². The molecule has 2 N–H and O–H groups in total. The van der Waals surface area contributed by atoms with E-state index in [1.165, 1.54) is 4.88 Å². The number of aromatic amines is 1. The van der Waals surface area contributed by atoms with Crippen LogP contribution in [0, 0.1) is 5.92 Å². The molecule has 0 unspecified atom stereocenters. The van der Waals surface area contributed by atoms with Gasteiger partial charge in [0.15, 0.2) is 0 Å². The predicted octanol–water partition coefficient (Wildman–Crippen LogP) is 4.07. The van der Waals surface area contributed by atoms with Crippen LogP contribution in [-0.4, -0.2) is 15.9 Å². The molecular formula is C18H21N3OS. The summed E-state index contributed by atoms with van der Waals surface area (Å²) in [5.74, 6) is 1.16. The maximum Gasteiger partial charge on any atom is 0.220 e. The lowest BCUT2D eigenvalue weighted by atomic mass is 10.0. The monoisotopic (exact) mass is 327 g/mol. The molecule has 4 nitrogen and oxygen atoms in total. The highest BCUT2D eigenvalue weighted by molar-refractivity contribution is 7.09. The lowest BCUT2D eigenvalue weighted by molar-refractivity contribution is -0.122. The van der Waals surface area contributed by atoms with E-state index in [0.29, 0.717) is 6.42 Å². The number of amides is 1. The Morgan fingerprint density at radius 3 is 2.78 bits per heavy atom. The van der Waals surface area contributed by atoms with Crippen molar-refractivity contribution in [2.24, 2.45) is 5.92 Å². The number of imidazole rings is 1. The number of aryl methyl sites for hydroxylation is 1. The smallest absolute Gasteiger partial charge is 0.220 e. The van der Waals surface area contributed by atoms with Crippen LogP contribution < -0.4 is 5.32 Å². The molecule has 5 heteroatoms. The molecule has 0 saturated carbocycles.